The van der Waals surface area contributed by atoms with Crippen LogP contribution in [0.25, 0.3) is 0 Å². The number of carbonyl (C=O) groups is 1. The molecule has 0 aromatic carbocycles. The van der Waals surface area contributed by atoms with Crippen molar-refractivity contribution in [2.75, 3.05) is 46.3 Å². The molecule has 2 aliphatic heterocycles. The van der Waals surface area contributed by atoms with Crippen LogP contribution >= 0.6 is 0 Å². The number of piperazine rings is 1. The first-order chi connectivity index (χ1) is 12.4. The van der Waals surface area contributed by atoms with Crippen molar-refractivity contribution in [3.8, 4) is 0 Å². The largest absolute Gasteiger partial charge is 0.343 e. The van der Waals surface area contributed by atoms with Crippen molar-refractivity contribution in [3.63, 3.8) is 0 Å². The maximum absolute atomic E-state index is 11.7. The Morgan fingerprint density at radius 3 is 2.19 bits per heavy atom. The van der Waals surface area contributed by atoms with Crippen LogP contribution in [0.5, 0.6) is 0 Å². The molecule has 0 N–H and O–H groups in total. The molecule has 0 radical (unpaired) electrons. The van der Waals surface area contributed by atoms with Crippen molar-refractivity contribution in [2.45, 2.75) is 65.3 Å². The first-order valence-corrected chi connectivity index (χ1v) is 11.1. The van der Waals surface area contributed by atoms with Gasteiger partial charge in [0.1, 0.15) is 0 Å². The van der Waals surface area contributed by atoms with E-state index in [0.717, 1.165) is 42.8 Å². The molecule has 4 nitrogen and oxygen atoms in total. The van der Waals surface area contributed by atoms with E-state index in [1.165, 1.54) is 64.7 Å². The lowest BCUT2D eigenvalue weighted by Crippen LogP contribution is -2.53. The highest BCUT2D eigenvalue weighted by Gasteiger charge is 2.37. The number of likely N-dealkylation sites (tertiary alicyclic amines) is 1. The van der Waals surface area contributed by atoms with Crippen LogP contribution in [0.4, 0.5) is 0 Å². The average Bonchev–Trinajstić information content (AvgIpc) is 2.60. The number of piperidine rings is 1. The quantitative estimate of drug-likeness (QED) is 0.724. The molecule has 3 aliphatic rings. The Morgan fingerprint density at radius 1 is 0.962 bits per heavy atom. The molecular formula is C22H41N3O. The summed E-state index contributed by atoms with van der Waals surface area (Å²) in [6.45, 7) is 13.6. The normalized spacial score (nSPS) is 33.5. The SMILES string of the molecule is CC(=O)N1CCC[C@@H](C(C)CCC(C)C2CC(N3CCN(C)CC3)C2)C1. The highest BCUT2D eigenvalue weighted by atomic mass is 16.2. The second kappa shape index (κ2) is 9.05. The minimum absolute atomic E-state index is 0.264. The van der Waals surface area contributed by atoms with Crippen LogP contribution in [0.2, 0.25) is 0 Å². The van der Waals surface area contributed by atoms with Crippen molar-refractivity contribution in [2.24, 2.45) is 23.7 Å². The monoisotopic (exact) mass is 363 g/mol. The van der Waals surface area contributed by atoms with Crippen LogP contribution in [-0.2, 0) is 4.79 Å². The number of hydrogen-bond donors (Lipinski definition) is 0. The molecule has 0 spiro atoms. The van der Waals surface area contributed by atoms with Gasteiger partial charge in [-0.3, -0.25) is 9.69 Å². The standard InChI is InChI=1S/C22H41N3O/c1-17(20-6-5-9-25(16-20)19(3)26)7-8-18(2)21-14-22(15-21)24-12-10-23(4)11-13-24/h17-18,20-22H,5-16H2,1-4H3/t17?,18?,20-,21?,22?/m1/s1. The van der Waals surface area contributed by atoms with E-state index in [1.54, 1.807) is 6.92 Å². The number of rotatable bonds is 6. The summed E-state index contributed by atoms with van der Waals surface area (Å²) in [6, 6.07) is 0.871. The van der Waals surface area contributed by atoms with Crippen LogP contribution in [0, 0.1) is 23.7 Å². The zero-order valence-electron chi connectivity index (χ0n) is 17.6. The van der Waals surface area contributed by atoms with Gasteiger partial charge in [0, 0.05) is 52.2 Å². The summed E-state index contributed by atoms with van der Waals surface area (Å²) in [4.78, 5) is 18.9. The molecule has 3 fully saturated rings. The molecule has 26 heavy (non-hydrogen) atoms. The molecule has 2 saturated heterocycles. The van der Waals surface area contributed by atoms with Gasteiger partial charge in [-0.05, 0) is 56.4 Å². The Balaban J connectivity index is 1.34. The Morgan fingerprint density at radius 2 is 1.58 bits per heavy atom. The third-order valence-corrected chi connectivity index (χ3v) is 7.79. The first-order valence-electron chi connectivity index (χ1n) is 11.1. The predicted octanol–water partition coefficient (Wildman–Crippen LogP) is 3.32. The number of carbonyl (C=O) groups excluding carboxylic acids is 1. The summed E-state index contributed by atoms with van der Waals surface area (Å²) in [5.41, 5.74) is 0. The topological polar surface area (TPSA) is 26.8 Å². The average molecular weight is 364 g/mol. The summed E-state index contributed by atoms with van der Waals surface area (Å²) >= 11 is 0. The summed E-state index contributed by atoms with van der Waals surface area (Å²) in [6.07, 6.45) is 8.08. The zero-order valence-corrected chi connectivity index (χ0v) is 17.6. The van der Waals surface area contributed by atoms with Gasteiger partial charge in [-0.1, -0.05) is 26.7 Å². The Hall–Kier alpha value is -0.610. The highest BCUT2D eigenvalue weighted by Crippen LogP contribution is 2.40. The van der Waals surface area contributed by atoms with Crippen LogP contribution < -0.4 is 0 Å². The van der Waals surface area contributed by atoms with Crippen LogP contribution in [-0.4, -0.2) is 73.0 Å². The minimum Gasteiger partial charge on any atom is -0.343 e. The molecule has 1 saturated carbocycles. The van der Waals surface area contributed by atoms with E-state index in [-0.39, 0.29) is 5.91 Å². The molecule has 0 bridgehead atoms. The summed E-state index contributed by atoms with van der Waals surface area (Å²) in [7, 11) is 2.24. The third kappa shape index (κ3) is 5.01. The van der Waals surface area contributed by atoms with Gasteiger partial charge in [0.05, 0.1) is 0 Å². The van der Waals surface area contributed by atoms with E-state index in [0.29, 0.717) is 0 Å². The maximum Gasteiger partial charge on any atom is 0.219 e. The van der Waals surface area contributed by atoms with E-state index in [4.69, 9.17) is 0 Å². The van der Waals surface area contributed by atoms with Gasteiger partial charge >= 0.3 is 0 Å². The second-order valence-corrected chi connectivity index (χ2v) is 9.62. The minimum atomic E-state index is 0.264. The molecule has 3 rings (SSSR count). The van der Waals surface area contributed by atoms with Gasteiger partial charge < -0.3 is 9.80 Å². The molecule has 4 heteroatoms. The molecule has 2 heterocycles. The van der Waals surface area contributed by atoms with Crippen LogP contribution in [0.15, 0.2) is 0 Å². The fourth-order valence-corrected chi connectivity index (χ4v) is 5.34. The van der Waals surface area contributed by atoms with Crippen molar-refractivity contribution in [1.82, 2.24) is 14.7 Å². The lowest BCUT2D eigenvalue weighted by Gasteiger charge is -2.48. The third-order valence-electron chi connectivity index (χ3n) is 7.79. The van der Waals surface area contributed by atoms with Gasteiger partial charge in [0.25, 0.3) is 0 Å². The molecule has 0 aromatic rings. The number of likely N-dealkylation sites (N-methyl/N-ethyl adjacent to an activating group) is 1. The van der Waals surface area contributed by atoms with E-state index in [2.05, 4.69) is 35.6 Å². The number of hydrogen-bond acceptors (Lipinski definition) is 3. The lowest BCUT2D eigenvalue weighted by atomic mass is 9.70. The Kier molecular flexibility index (Phi) is 7.01. The van der Waals surface area contributed by atoms with Crippen LogP contribution in [0.3, 0.4) is 0 Å². The molecular weight excluding hydrogens is 322 g/mol. The van der Waals surface area contributed by atoms with E-state index in [1.807, 2.05) is 0 Å². The molecule has 1 aliphatic carbocycles. The van der Waals surface area contributed by atoms with Crippen molar-refractivity contribution in [1.29, 1.82) is 0 Å². The maximum atomic E-state index is 11.7. The molecule has 0 aromatic heterocycles. The fourth-order valence-electron chi connectivity index (χ4n) is 5.34. The first kappa shape index (κ1) is 20.1. The second-order valence-electron chi connectivity index (χ2n) is 9.62. The van der Waals surface area contributed by atoms with Crippen molar-refractivity contribution < 1.29 is 4.79 Å². The molecule has 150 valence electrons. The molecule has 3 atom stereocenters. The van der Waals surface area contributed by atoms with Gasteiger partial charge in [0.15, 0.2) is 0 Å². The van der Waals surface area contributed by atoms with Crippen LogP contribution in [0.1, 0.15) is 59.3 Å². The lowest BCUT2D eigenvalue weighted by molar-refractivity contribution is -0.131. The Bertz CT molecular complexity index is 454. The van der Waals surface area contributed by atoms with E-state index in [9.17, 15) is 4.79 Å². The summed E-state index contributed by atoms with van der Waals surface area (Å²) < 4.78 is 0. The highest BCUT2D eigenvalue weighted by molar-refractivity contribution is 5.73. The molecule has 1 amide bonds. The van der Waals surface area contributed by atoms with Crippen molar-refractivity contribution >= 4 is 5.91 Å². The molecule has 2 unspecified atom stereocenters. The van der Waals surface area contributed by atoms with E-state index >= 15 is 0 Å². The van der Waals surface area contributed by atoms with Gasteiger partial charge in [-0.25, -0.2) is 0 Å². The van der Waals surface area contributed by atoms with Gasteiger partial charge in [0.2, 0.25) is 5.91 Å². The summed E-state index contributed by atoms with van der Waals surface area (Å²) in [5, 5.41) is 0. The Labute approximate surface area is 161 Å². The number of amides is 1. The number of nitrogens with zero attached hydrogens (tertiary/aromatic N) is 3. The fraction of sp³-hybridized carbons (Fsp3) is 0.955. The van der Waals surface area contributed by atoms with Gasteiger partial charge in [-0.15, -0.1) is 0 Å². The zero-order chi connectivity index (χ0) is 18.7. The van der Waals surface area contributed by atoms with Crippen molar-refractivity contribution in [3.05, 3.63) is 0 Å². The van der Waals surface area contributed by atoms with Gasteiger partial charge in [-0.2, -0.15) is 0 Å². The summed E-state index contributed by atoms with van der Waals surface area (Å²) in [5.74, 6) is 3.56. The smallest absolute Gasteiger partial charge is 0.219 e. The predicted molar refractivity (Wildman–Crippen MR) is 108 cm³/mol. The van der Waals surface area contributed by atoms with E-state index < -0.39 is 0 Å².